The van der Waals surface area contributed by atoms with Crippen molar-refractivity contribution in [2.24, 2.45) is 0 Å². The summed E-state index contributed by atoms with van der Waals surface area (Å²) in [6, 6.07) is 6.28. The van der Waals surface area contributed by atoms with Crippen LogP contribution in [0.2, 0.25) is 0 Å². The zero-order chi connectivity index (χ0) is 18.1. The van der Waals surface area contributed by atoms with E-state index >= 15 is 0 Å². The largest absolute Gasteiger partial charge is 0.334 e. The van der Waals surface area contributed by atoms with Crippen molar-refractivity contribution in [3.8, 4) is 0 Å². The third-order valence-corrected chi connectivity index (χ3v) is 5.46. The van der Waals surface area contributed by atoms with Gasteiger partial charge in [-0.2, -0.15) is 0 Å². The van der Waals surface area contributed by atoms with Gasteiger partial charge in [-0.15, -0.1) is 5.10 Å². The van der Waals surface area contributed by atoms with Crippen LogP contribution in [0.5, 0.6) is 0 Å². The topological polar surface area (TPSA) is 75.9 Å². The number of aromatic nitrogens is 4. The van der Waals surface area contributed by atoms with Crippen LogP contribution in [0.25, 0.3) is 0 Å². The van der Waals surface area contributed by atoms with E-state index in [1.54, 1.807) is 17.7 Å². The van der Waals surface area contributed by atoms with Crippen LogP contribution in [0.1, 0.15) is 36.7 Å². The fourth-order valence-electron chi connectivity index (χ4n) is 4.21. The molecular formula is C18H23FN6O. The van der Waals surface area contributed by atoms with E-state index in [4.69, 9.17) is 0 Å². The predicted molar refractivity (Wildman–Crippen MR) is 92.8 cm³/mol. The summed E-state index contributed by atoms with van der Waals surface area (Å²) >= 11 is 0. The molecule has 8 heteroatoms. The number of nitrogens with one attached hydrogen (secondary N) is 1. The minimum atomic E-state index is -0.562. The van der Waals surface area contributed by atoms with Crippen molar-refractivity contribution >= 4 is 5.91 Å². The zero-order valence-corrected chi connectivity index (χ0v) is 14.8. The molecule has 3 atom stereocenters. The second kappa shape index (κ2) is 7.11. The maximum atomic E-state index is 13.6. The van der Waals surface area contributed by atoms with Crippen molar-refractivity contribution in [1.29, 1.82) is 0 Å². The first-order valence-electron chi connectivity index (χ1n) is 9.15. The van der Waals surface area contributed by atoms with Gasteiger partial charge in [-0.1, -0.05) is 12.1 Å². The summed E-state index contributed by atoms with van der Waals surface area (Å²) in [5.74, 6) is 0.307. The van der Waals surface area contributed by atoms with Crippen LogP contribution in [0, 0.1) is 12.7 Å². The van der Waals surface area contributed by atoms with Gasteiger partial charge in [0, 0.05) is 25.0 Å². The predicted octanol–water partition coefficient (Wildman–Crippen LogP) is 1.26. The average Bonchev–Trinajstić information content (AvgIpc) is 3.14. The molecular weight excluding hydrogens is 335 g/mol. The lowest BCUT2D eigenvalue weighted by Gasteiger charge is -2.31. The van der Waals surface area contributed by atoms with E-state index in [0.29, 0.717) is 12.2 Å². The van der Waals surface area contributed by atoms with Crippen LogP contribution in [0.15, 0.2) is 24.3 Å². The molecule has 1 N–H and O–H groups in total. The van der Waals surface area contributed by atoms with Gasteiger partial charge in [0.15, 0.2) is 0 Å². The summed E-state index contributed by atoms with van der Waals surface area (Å²) < 4.78 is 15.2. The van der Waals surface area contributed by atoms with Crippen LogP contribution >= 0.6 is 0 Å². The van der Waals surface area contributed by atoms with E-state index in [-0.39, 0.29) is 23.8 Å². The van der Waals surface area contributed by atoms with Crippen LogP contribution in [0.4, 0.5) is 4.39 Å². The number of nitrogens with zero attached hydrogens (tertiary/aromatic N) is 5. The molecule has 2 bridgehead atoms. The lowest BCUT2D eigenvalue weighted by atomic mass is 10.0. The minimum absolute atomic E-state index is 0.0286. The first-order valence-corrected chi connectivity index (χ1v) is 9.15. The Hall–Kier alpha value is -2.35. The van der Waals surface area contributed by atoms with Crippen molar-refractivity contribution < 1.29 is 9.18 Å². The monoisotopic (exact) mass is 358 g/mol. The highest BCUT2D eigenvalue weighted by Crippen LogP contribution is 2.31. The summed E-state index contributed by atoms with van der Waals surface area (Å²) in [5, 5.41) is 15.1. The van der Waals surface area contributed by atoms with E-state index in [1.807, 2.05) is 11.0 Å². The molecule has 1 amide bonds. The molecule has 0 spiro atoms. The summed E-state index contributed by atoms with van der Waals surface area (Å²) in [6.07, 6.45) is 3.39. The van der Waals surface area contributed by atoms with Gasteiger partial charge in [0.1, 0.15) is 17.7 Å². The average molecular weight is 358 g/mol. The van der Waals surface area contributed by atoms with Crippen LogP contribution in [-0.4, -0.2) is 56.2 Å². The van der Waals surface area contributed by atoms with Gasteiger partial charge >= 0.3 is 0 Å². The van der Waals surface area contributed by atoms with Crippen molar-refractivity contribution in [3.63, 3.8) is 0 Å². The van der Waals surface area contributed by atoms with Crippen molar-refractivity contribution in [1.82, 2.24) is 30.4 Å². The number of hydrogen-bond donors (Lipinski definition) is 1. The lowest BCUT2D eigenvalue weighted by molar-refractivity contribution is -0.137. The van der Waals surface area contributed by atoms with Gasteiger partial charge in [-0.3, -0.25) is 4.79 Å². The van der Waals surface area contributed by atoms with E-state index in [1.165, 1.54) is 12.1 Å². The summed E-state index contributed by atoms with van der Waals surface area (Å²) in [6.45, 7) is 3.54. The molecule has 0 radical (unpaired) electrons. The Labute approximate surface area is 151 Å². The Morgan fingerprint density at radius 2 is 2.19 bits per heavy atom. The SMILES string of the molecule is Cc1nnnn1C(Cc1cccc(F)c1)C(=O)N1C2CCNCC1CC2. The highest BCUT2D eigenvalue weighted by Gasteiger charge is 2.41. The highest BCUT2D eigenvalue weighted by atomic mass is 19.1. The smallest absolute Gasteiger partial charge is 0.248 e. The minimum Gasteiger partial charge on any atom is -0.334 e. The number of rotatable bonds is 4. The number of fused-ring (bicyclic) bond motifs is 2. The Kier molecular flexibility index (Phi) is 4.67. The summed E-state index contributed by atoms with van der Waals surface area (Å²) in [7, 11) is 0. The Bertz CT molecular complexity index is 779. The Morgan fingerprint density at radius 3 is 2.96 bits per heavy atom. The summed E-state index contributed by atoms with van der Waals surface area (Å²) in [5.41, 5.74) is 0.763. The number of amides is 1. The van der Waals surface area contributed by atoms with Gasteiger partial charge in [0.2, 0.25) is 5.91 Å². The van der Waals surface area contributed by atoms with Gasteiger partial charge in [-0.25, -0.2) is 9.07 Å². The Morgan fingerprint density at radius 1 is 1.35 bits per heavy atom. The quantitative estimate of drug-likeness (QED) is 0.890. The van der Waals surface area contributed by atoms with Crippen LogP contribution in [0.3, 0.4) is 0 Å². The Balaban J connectivity index is 1.66. The van der Waals surface area contributed by atoms with Crippen molar-refractivity contribution in [3.05, 3.63) is 41.5 Å². The molecule has 2 aliphatic heterocycles. The van der Waals surface area contributed by atoms with E-state index in [0.717, 1.165) is 37.9 Å². The molecule has 2 aliphatic rings. The molecule has 1 aromatic carbocycles. The number of tetrazole rings is 1. The molecule has 2 aromatic rings. The molecule has 0 saturated carbocycles. The standard InChI is InChI=1S/C18H23FN6O/c1-12-21-22-23-25(12)17(10-13-3-2-4-14(19)9-13)18(26)24-15-5-6-16(24)11-20-8-7-15/h2-4,9,15-17,20H,5-8,10-11H2,1H3. The third-order valence-electron chi connectivity index (χ3n) is 5.46. The van der Waals surface area contributed by atoms with Crippen LogP contribution in [-0.2, 0) is 11.2 Å². The van der Waals surface area contributed by atoms with Crippen molar-refractivity contribution in [2.75, 3.05) is 13.1 Å². The van der Waals surface area contributed by atoms with Gasteiger partial charge < -0.3 is 10.2 Å². The van der Waals surface area contributed by atoms with E-state index < -0.39 is 6.04 Å². The van der Waals surface area contributed by atoms with Crippen LogP contribution < -0.4 is 5.32 Å². The second-order valence-electron chi connectivity index (χ2n) is 7.14. The van der Waals surface area contributed by atoms with Gasteiger partial charge in [0.05, 0.1) is 0 Å². The number of benzene rings is 1. The molecule has 2 saturated heterocycles. The zero-order valence-electron chi connectivity index (χ0n) is 14.8. The maximum absolute atomic E-state index is 13.6. The number of aryl methyl sites for hydroxylation is 1. The summed E-state index contributed by atoms with van der Waals surface area (Å²) in [4.78, 5) is 15.6. The molecule has 1 aromatic heterocycles. The molecule has 26 heavy (non-hydrogen) atoms. The molecule has 2 fully saturated rings. The molecule has 4 rings (SSSR count). The molecule has 138 valence electrons. The number of carbonyl (C=O) groups is 1. The normalized spacial score (nSPS) is 23.7. The molecule has 3 heterocycles. The fourth-order valence-corrected chi connectivity index (χ4v) is 4.21. The first kappa shape index (κ1) is 17.1. The van der Waals surface area contributed by atoms with Gasteiger partial charge in [-0.05, 0) is 60.9 Å². The molecule has 3 unspecified atom stereocenters. The number of halogens is 1. The fraction of sp³-hybridized carbons (Fsp3) is 0.556. The highest BCUT2D eigenvalue weighted by molar-refractivity contribution is 5.81. The second-order valence-corrected chi connectivity index (χ2v) is 7.14. The number of carbonyl (C=O) groups excluding carboxylic acids is 1. The number of hydrogen-bond acceptors (Lipinski definition) is 5. The van der Waals surface area contributed by atoms with E-state index in [2.05, 4.69) is 20.8 Å². The van der Waals surface area contributed by atoms with E-state index in [9.17, 15) is 9.18 Å². The molecule has 7 nitrogen and oxygen atoms in total. The first-order chi connectivity index (χ1) is 12.6. The lowest BCUT2D eigenvalue weighted by Crippen LogP contribution is -2.46. The van der Waals surface area contributed by atoms with Crippen molar-refractivity contribution in [2.45, 2.75) is 50.7 Å². The maximum Gasteiger partial charge on any atom is 0.248 e. The van der Waals surface area contributed by atoms with Gasteiger partial charge in [0.25, 0.3) is 0 Å². The molecule has 0 aliphatic carbocycles. The third kappa shape index (κ3) is 3.21.